The molecule has 2 amide bonds. The van der Waals surface area contributed by atoms with E-state index in [1.54, 1.807) is 11.0 Å². The number of carbonyl (C=O) groups is 2. The van der Waals surface area contributed by atoms with Crippen molar-refractivity contribution < 1.29 is 14.1 Å². The molecule has 0 bridgehead atoms. The number of aromatic nitrogens is 1. The molecule has 1 aliphatic rings. The molecule has 0 spiro atoms. The van der Waals surface area contributed by atoms with Crippen molar-refractivity contribution in [1.29, 1.82) is 0 Å². The lowest BCUT2D eigenvalue weighted by Crippen LogP contribution is -2.46. The summed E-state index contributed by atoms with van der Waals surface area (Å²) >= 11 is 0. The fourth-order valence-electron chi connectivity index (χ4n) is 4.12. The smallest absolute Gasteiger partial charge is 0.243 e. The number of likely N-dealkylation sites (tertiary alicyclic amines) is 1. The van der Waals surface area contributed by atoms with Gasteiger partial charge in [-0.1, -0.05) is 60.6 Å². The van der Waals surface area contributed by atoms with Crippen LogP contribution in [0.2, 0.25) is 0 Å². The van der Waals surface area contributed by atoms with E-state index in [4.69, 9.17) is 4.52 Å². The van der Waals surface area contributed by atoms with Crippen molar-refractivity contribution >= 4 is 11.8 Å². The Labute approximate surface area is 182 Å². The van der Waals surface area contributed by atoms with Crippen LogP contribution in [-0.4, -0.2) is 34.5 Å². The van der Waals surface area contributed by atoms with Crippen molar-refractivity contribution in [1.82, 2.24) is 15.4 Å². The van der Waals surface area contributed by atoms with Gasteiger partial charge in [0, 0.05) is 19.2 Å². The maximum absolute atomic E-state index is 12.9. The largest absolute Gasteiger partial charge is 0.361 e. The van der Waals surface area contributed by atoms with E-state index in [9.17, 15) is 9.59 Å². The average Bonchev–Trinajstić information content (AvgIpc) is 3.38. The summed E-state index contributed by atoms with van der Waals surface area (Å²) in [7, 11) is 0. The fourth-order valence-corrected chi connectivity index (χ4v) is 4.12. The molecule has 4 rings (SSSR count). The van der Waals surface area contributed by atoms with Gasteiger partial charge in [0.1, 0.15) is 11.8 Å². The predicted octanol–water partition coefficient (Wildman–Crippen LogP) is 3.75. The van der Waals surface area contributed by atoms with Gasteiger partial charge in [-0.25, -0.2) is 0 Å². The molecule has 160 valence electrons. The first-order valence-corrected chi connectivity index (χ1v) is 10.6. The van der Waals surface area contributed by atoms with E-state index in [0.717, 1.165) is 22.4 Å². The Morgan fingerprint density at radius 1 is 1.10 bits per heavy atom. The number of amides is 2. The second-order valence-corrected chi connectivity index (χ2v) is 8.30. The molecule has 0 saturated carbocycles. The van der Waals surface area contributed by atoms with E-state index in [-0.39, 0.29) is 24.2 Å². The summed E-state index contributed by atoms with van der Waals surface area (Å²) in [4.78, 5) is 27.4. The maximum atomic E-state index is 12.9. The van der Waals surface area contributed by atoms with E-state index in [2.05, 4.69) is 41.7 Å². The van der Waals surface area contributed by atoms with Crippen molar-refractivity contribution in [3.63, 3.8) is 0 Å². The van der Waals surface area contributed by atoms with Gasteiger partial charge in [0.25, 0.3) is 0 Å². The first kappa shape index (κ1) is 20.8. The van der Waals surface area contributed by atoms with E-state index >= 15 is 0 Å². The summed E-state index contributed by atoms with van der Waals surface area (Å²) in [5, 5.41) is 6.86. The predicted molar refractivity (Wildman–Crippen MR) is 118 cm³/mol. The number of aryl methyl sites for hydroxylation is 1. The van der Waals surface area contributed by atoms with Gasteiger partial charge in [-0.2, -0.15) is 0 Å². The Morgan fingerprint density at radius 3 is 2.61 bits per heavy atom. The van der Waals surface area contributed by atoms with Crippen LogP contribution in [0, 0.1) is 12.8 Å². The average molecular weight is 418 g/mol. The van der Waals surface area contributed by atoms with E-state index < -0.39 is 6.04 Å². The van der Waals surface area contributed by atoms with Gasteiger partial charge < -0.3 is 14.7 Å². The monoisotopic (exact) mass is 417 g/mol. The lowest BCUT2D eigenvalue weighted by Gasteiger charge is -2.23. The number of rotatable bonds is 6. The molecule has 1 N–H and O–H groups in total. The summed E-state index contributed by atoms with van der Waals surface area (Å²) in [6, 6.07) is 19.6. The molecule has 1 fully saturated rings. The number of carbonyl (C=O) groups excluding carboxylic acids is 2. The van der Waals surface area contributed by atoms with Gasteiger partial charge >= 0.3 is 0 Å². The van der Waals surface area contributed by atoms with Crippen LogP contribution in [0.5, 0.6) is 0 Å². The minimum atomic E-state index is -0.455. The lowest BCUT2D eigenvalue weighted by molar-refractivity contribution is -0.138. The van der Waals surface area contributed by atoms with Crippen LogP contribution in [0.15, 0.2) is 65.2 Å². The van der Waals surface area contributed by atoms with Gasteiger partial charge in [0.2, 0.25) is 11.8 Å². The number of nitrogens with zero attached hydrogens (tertiary/aromatic N) is 2. The molecule has 0 unspecified atom stereocenters. The first-order chi connectivity index (χ1) is 15.0. The minimum Gasteiger partial charge on any atom is -0.361 e. The van der Waals surface area contributed by atoms with Crippen LogP contribution in [0.3, 0.4) is 0 Å². The summed E-state index contributed by atoms with van der Waals surface area (Å²) in [5.41, 5.74) is 4.01. The highest BCUT2D eigenvalue weighted by atomic mass is 16.5. The van der Waals surface area contributed by atoms with Gasteiger partial charge in [-0.15, -0.1) is 0 Å². The molecule has 31 heavy (non-hydrogen) atoms. The highest BCUT2D eigenvalue weighted by Crippen LogP contribution is 2.25. The molecule has 6 heteroatoms. The highest BCUT2D eigenvalue weighted by molar-refractivity contribution is 5.89. The molecular formula is C25H27N3O3. The SMILES string of the molecule is Cc1cc(CC(=O)N2C[C@H](C)C[C@H]2C(=O)NCc2cccc(-c3ccccc3)c2)on1. The standard InChI is InChI=1S/C25H27N3O3/c1-17-11-23(28(16-17)24(29)14-22-12-18(2)27-31-22)25(30)26-15-19-7-6-10-21(13-19)20-8-4-3-5-9-20/h3-10,12-13,17,23H,11,14-16H2,1-2H3,(H,26,30)/t17-,23+/m1/s1. The molecule has 0 aliphatic carbocycles. The number of benzene rings is 2. The Kier molecular flexibility index (Phi) is 6.16. The Balaban J connectivity index is 1.39. The molecule has 1 aliphatic heterocycles. The lowest BCUT2D eigenvalue weighted by atomic mass is 10.0. The summed E-state index contributed by atoms with van der Waals surface area (Å²) in [6.45, 7) is 4.88. The summed E-state index contributed by atoms with van der Waals surface area (Å²) < 4.78 is 5.17. The van der Waals surface area contributed by atoms with Crippen molar-refractivity contribution in [3.05, 3.63) is 77.7 Å². The fraction of sp³-hybridized carbons (Fsp3) is 0.320. The molecule has 2 heterocycles. The Hall–Kier alpha value is -3.41. The zero-order chi connectivity index (χ0) is 21.8. The third kappa shape index (κ3) is 5.02. The summed E-state index contributed by atoms with van der Waals surface area (Å²) in [6.07, 6.45) is 0.785. The number of hydrogen-bond acceptors (Lipinski definition) is 4. The Morgan fingerprint density at radius 2 is 1.87 bits per heavy atom. The highest BCUT2D eigenvalue weighted by Gasteiger charge is 2.37. The van der Waals surface area contributed by atoms with Crippen LogP contribution in [-0.2, 0) is 22.6 Å². The van der Waals surface area contributed by atoms with Crippen molar-refractivity contribution in [2.24, 2.45) is 5.92 Å². The van der Waals surface area contributed by atoms with Crippen molar-refractivity contribution in [2.75, 3.05) is 6.54 Å². The van der Waals surface area contributed by atoms with Crippen LogP contribution in [0.25, 0.3) is 11.1 Å². The van der Waals surface area contributed by atoms with Crippen LogP contribution < -0.4 is 5.32 Å². The molecule has 6 nitrogen and oxygen atoms in total. The maximum Gasteiger partial charge on any atom is 0.243 e. The molecule has 3 aromatic rings. The van der Waals surface area contributed by atoms with Gasteiger partial charge in [0.05, 0.1) is 12.1 Å². The second-order valence-electron chi connectivity index (χ2n) is 8.30. The van der Waals surface area contributed by atoms with Crippen LogP contribution >= 0.6 is 0 Å². The van der Waals surface area contributed by atoms with Crippen LogP contribution in [0.1, 0.15) is 30.4 Å². The first-order valence-electron chi connectivity index (χ1n) is 10.6. The van der Waals surface area contributed by atoms with E-state index in [1.807, 2.05) is 37.3 Å². The van der Waals surface area contributed by atoms with E-state index in [0.29, 0.717) is 25.3 Å². The van der Waals surface area contributed by atoms with Gasteiger partial charge in [0.15, 0.2) is 0 Å². The van der Waals surface area contributed by atoms with Crippen LogP contribution in [0.4, 0.5) is 0 Å². The quantitative estimate of drug-likeness (QED) is 0.663. The molecule has 1 saturated heterocycles. The topological polar surface area (TPSA) is 75.4 Å². The molecular weight excluding hydrogens is 390 g/mol. The van der Waals surface area contributed by atoms with Gasteiger partial charge in [-0.05, 0) is 42.0 Å². The molecule has 0 radical (unpaired) electrons. The third-order valence-electron chi connectivity index (χ3n) is 5.64. The number of hydrogen-bond donors (Lipinski definition) is 1. The molecule has 2 aromatic carbocycles. The number of nitrogens with one attached hydrogen (secondary N) is 1. The zero-order valence-corrected chi connectivity index (χ0v) is 17.9. The third-order valence-corrected chi connectivity index (χ3v) is 5.64. The van der Waals surface area contributed by atoms with Crippen molar-refractivity contribution in [2.45, 2.75) is 39.3 Å². The molecule has 1 aromatic heterocycles. The second kappa shape index (κ2) is 9.16. The van der Waals surface area contributed by atoms with Gasteiger partial charge in [-0.3, -0.25) is 9.59 Å². The molecule has 2 atom stereocenters. The van der Waals surface area contributed by atoms with E-state index in [1.165, 1.54) is 0 Å². The normalized spacial score (nSPS) is 18.2. The zero-order valence-electron chi connectivity index (χ0n) is 17.9. The Bertz CT molecular complexity index is 1060. The summed E-state index contributed by atoms with van der Waals surface area (Å²) in [5.74, 6) is 0.583. The minimum absolute atomic E-state index is 0.105. The van der Waals surface area contributed by atoms with Crippen molar-refractivity contribution in [3.8, 4) is 11.1 Å².